The van der Waals surface area contributed by atoms with Crippen LogP contribution in [0.4, 0.5) is 0 Å². The highest BCUT2D eigenvalue weighted by atomic mass is 16.5. The van der Waals surface area contributed by atoms with Gasteiger partial charge in [-0.05, 0) is 29.8 Å². The number of carbonyl (C=O) groups excluding carboxylic acids is 1. The Labute approximate surface area is 121 Å². The molecule has 2 aromatic rings. The van der Waals surface area contributed by atoms with E-state index in [1.807, 2.05) is 0 Å². The lowest BCUT2D eigenvalue weighted by atomic mass is 10.1. The van der Waals surface area contributed by atoms with Crippen LogP contribution in [-0.2, 0) is 6.42 Å². The number of phenols is 2. The molecule has 0 aromatic heterocycles. The fourth-order valence-electron chi connectivity index (χ4n) is 2.52. The molecular weight excluding hydrogens is 268 g/mol. The van der Waals surface area contributed by atoms with Crippen LogP contribution in [-0.4, -0.2) is 23.1 Å². The van der Waals surface area contributed by atoms with Gasteiger partial charge in [-0.3, -0.25) is 4.79 Å². The number of fused-ring (bicyclic) bond motifs is 1. The third-order valence-corrected chi connectivity index (χ3v) is 3.60. The van der Waals surface area contributed by atoms with E-state index in [1.54, 1.807) is 36.4 Å². The fraction of sp³-hybridized carbons (Fsp3) is 0.118. The molecule has 0 saturated carbocycles. The molecule has 3 rings (SSSR count). The van der Waals surface area contributed by atoms with Crippen LogP contribution in [0.3, 0.4) is 0 Å². The third kappa shape index (κ3) is 2.25. The van der Waals surface area contributed by atoms with E-state index in [-0.39, 0.29) is 17.3 Å². The molecule has 0 spiro atoms. The van der Waals surface area contributed by atoms with E-state index in [2.05, 4.69) is 0 Å². The molecule has 0 atom stereocenters. The lowest BCUT2D eigenvalue weighted by Gasteiger charge is -2.04. The van der Waals surface area contributed by atoms with Gasteiger partial charge in [0.05, 0.1) is 7.11 Å². The van der Waals surface area contributed by atoms with Gasteiger partial charge in [0.25, 0.3) is 0 Å². The Morgan fingerprint density at radius 2 is 1.95 bits per heavy atom. The molecule has 0 amide bonds. The second kappa shape index (κ2) is 4.98. The van der Waals surface area contributed by atoms with E-state index < -0.39 is 0 Å². The maximum atomic E-state index is 12.3. The highest BCUT2D eigenvalue weighted by Crippen LogP contribution is 2.34. The summed E-state index contributed by atoms with van der Waals surface area (Å²) in [6.45, 7) is 0. The van der Waals surface area contributed by atoms with E-state index in [0.717, 1.165) is 5.56 Å². The van der Waals surface area contributed by atoms with Crippen molar-refractivity contribution in [3.8, 4) is 17.2 Å². The number of Topliss-reactive ketones (excluding diaryl/α,β-unsaturated/α-hetero) is 1. The van der Waals surface area contributed by atoms with Gasteiger partial charge in [-0.1, -0.05) is 18.2 Å². The van der Waals surface area contributed by atoms with Crippen LogP contribution < -0.4 is 4.74 Å². The van der Waals surface area contributed by atoms with Crippen LogP contribution in [0.15, 0.2) is 42.0 Å². The zero-order chi connectivity index (χ0) is 15.0. The highest BCUT2D eigenvalue weighted by Gasteiger charge is 2.26. The van der Waals surface area contributed by atoms with Gasteiger partial charge in [0, 0.05) is 23.1 Å². The molecule has 0 heterocycles. The first kappa shape index (κ1) is 13.2. The molecule has 0 bridgehead atoms. The molecule has 2 aromatic carbocycles. The summed E-state index contributed by atoms with van der Waals surface area (Å²) in [4.78, 5) is 12.3. The van der Waals surface area contributed by atoms with E-state index in [0.29, 0.717) is 28.9 Å². The number of allylic oxidation sites excluding steroid dienone is 1. The summed E-state index contributed by atoms with van der Waals surface area (Å²) in [5.41, 5.74) is 2.59. The van der Waals surface area contributed by atoms with Crippen molar-refractivity contribution >= 4 is 11.9 Å². The van der Waals surface area contributed by atoms with Gasteiger partial charge in [-0.15, -0.1) is 0 Å². The summed E-state index contributed by atoms with van der Waals surface area (Å²) < 4.78 is 5.05. The normalized spacial score (nSPS) is 15.3. The van der Waals surface area contributed by atoms with Crippen LogP contribution in [0, 0.1) is 0 Å². The van der Waals surface area contributed by atoms with Crippen LogP contribution in [0.1, 0.15) is 21.5 Å². The number of hydrogen-bond donors (Lipinski definition) is 2. The molecule has 0 aliphatic heterocycles. The molecule has 1 aliphatic rings. The Morgan fingerprint density at radius 1 is 1.14 bits per heavy atom. The number of hydrogen-bond acceptors (Lipinski definition) is 4. The van der Waals surface area contributed by atoms with E-state index >= 15 is 0 Å². The van der Waals surface area contributed by atoms with Crippen molar-refractivity contribution in [3.63, 3.8) is 0 Å². The molecule has 4 heteroatoms. The summed E-state index contributed by atoms with van der Waals surface area (Å²) in [5, 5.41) is 19.4. The second-order valence-corrected chi connectivity index (χ2v) is 4.91. The zero-order valence-electron chi connectivity index (χ0n) is 11.5. The van der Waals surface area contributed by atoms with Crippen molar-refractivity contribution in [2.24, 2.45) is 0 Å². The number of rotatable bonds is 2. The minimum Gasteiger partial charge on any atom is -0.508 e. The van der Waals surface area contributed by atoms with Crippen molar-refractivity contribution in [2.45, 2.75) is 6.42 Å². The van der Waals surface area contributed by atoms with Gasteiger partial charge in [0.15, 0.2) is 17.3 Å². The van der Waals surface area contributed by atoms with Crippen molar-refractivity contribution in [3.05, 3.63) is 58.7 Å². The Balaban J connectivity index is 2.00. The first-order valence-electron chi connectivity index (χ1n) is 6.53. The SMILES string of the molecule is COc1cc(/C=C2\Cc3c(O)cccc3C2=O)ccc1O. The summed E-state index contributed by atoms with van der Waals surface area (Å²) in [7, 11) is 1.47. The lowest BCUT2D eigenvalue weighted by Crippen LogP contribution is -1.95. The van der Waals surface area contributed by atoms with Crippen LogP contribution in [0.5, 0.6) is 17.2 Å². The molecule has 0 unspecified atom stereocenters. The highest BCUT2D eigenvalue weighted by molar-refractivity contribution is 6.16. The molecule has 0 saturated heterocycles. The van der Waals surface area contributed by atoms with Gasteiger partial charge < -0.3 is 14.9 Å². The molecular formula is C17H14O4. The molecule has 2 N–H and O–H groups in total. The van der Waals surface area contributed by atoms with E-state index in [4.69, 9.17) is 4.74 Å². The quantitative estimate of drug-likeness (QED) is 0.831. The van der Waals surface area contributed by atoms with Crippen molar-refractivity contribution in [1.82, 2.24) is 0 Å². The maximum absolute atomic E-state index is 12.3. The molecule has 0 fully saturated rings. The Morgan fingerprint density at radius 3 is 2.67 bits per heavy atom. The smallest absolute Gasteiger partial charge is 0.189 e. The van der Waals surface area contributed by atoms with Crippen molar-refractivity contribution in [2.75, 3.05) is 7.11 Å². The van der Waals surface area contributed by atoms with Crippen LogP contribution in [0.2, 0.25) is 0 Å². The lowest BCUT2D eigenvalue weighted by molar-refractivity contribution is 0.104. The van der Waals surface area contributed by atoms with Crippen LogP contribution in [0.25, 0.3) is 6.08 Å². The first-order valence-corrected chi connectivity index (χ1v) is 6.53. The van der Waals surface area contributed by atoms with Crippen molar-refractivity contribution < 1.29 is 19.7 Å². The van der Waals surface area contributed by atoms with Crippen molar-refractivity contribution in [1.29, 1.82) is 0 Å². The number of ketones is 1. The molecule has 0 radical (unpaired) electrons. The molecule has 4 nitrogen and oxygen atoms in total. The largest absolute Gasteiger partial charge is 0.508 e. The standard InChI is InChI=1S/C17H14O4/c1-21-16-8-10(5-6-15(16)19)7-11-9-13-12(17(11)20)3-2-4-14(13)18/h2-8,18-19H,9H2,1H3/b11-7+. The average Bonchev–Trinajstić information content (AvgIpc) is 2.80. The number of aromatic hydroxyl groups is 2. The average molecular weight is 282 g/mol. The summed E-state index contributed by atoms with van der Waals surface area (Å²) in [5.74, 6) is 0.481. The monoisotopic (exact) mass is 282 g/mol. The van der Waals surface area contributed by atoms with Gasteiger partial charge in [0.2, 0.25) is 0 Å². The summed E-state index contributed by atoms with van der Waals surface area (Å²) in [6.07, 6.45) is 2.16. The first-order chi connectivity index (χ1) is 10.1. The maximum Gasteiger partial charge on any atom is 0.189 e. The molecule has 21 heavy (non-hydrogen) atoms. The summed E-state index contributed by atoms with van der Waals surface area (Å²) >= 11 is 0. The Bertz CT molecular complexity index is 759. The van der Waals surface area contributed by atoms with Gasteiger partial charge in [-0.25, -0.2) is 0 Å². The number of methoxy groups -OCH3 is 1. The minimum atomic E-state index is -0.0760. The predicted octanol–water partition coefficient (Wildman–Crippen LogP) is 2.93. The Hall–Kier alpha value is -2.75. The Kier molecular flexibility index (Phi) is 3.14. The number of benzene rings is 2. The van der Waals surface area contributed by atoms with Gasteiger partial charge in [-0.2, -0.15) is 0 Å². The minimum absolute atomic E-state index is 0.0540. The topological polar surface area (TPSA) is 66.8 Å². The molecule has 1 aliphatic carbocycles. The van der Waals surface area contributed by atoms with Gasteiger partial charge in [0.1, 0.15) is 5.75 Å². The fourth-order valence-corrected chi connectivity index (χ4v) is 2.52. The van der Waals surface area contributed by atoms with E-state index in [1.165, 1.54) is 13.2 Å². The summed E-state index contributed by atoms with van der Waals surface area (Å²) in [6, 6.07) is 9.86. The second-order valence-electron chi connectivity index (χ2n) is 4.91. The molecule has 106 valence electrons. The van der Waals surface area contributed by atoms with Crippen LogP contribution >= 0.6 is 0 Å². The van der Waals surface area contributed by atoms with Gasteiger partial charge >= 0.3 is 0 Å². The number of ether oxygens (including phenoxy) is 1. The number of carbonyl (C=O) groups is 1. The third-order valence-electron chi connectivity index (χ3n) is 3.60. The number of phenolic OH excluding ortho intramolecular Hbond substituents is 2. The predicted molar refractivity (Wildman–Crippen MR) is 78.8 cm³/mol. The van der Waals surface area contributed by atoms with E-state index in [9.17, 15) is 15.0 Å². The zero-order valence-corrected chi connectivity index (χ0v) is 11.5.